The van der Waals surface area contributed by atoms with E-state index in [1.165, 1.54) is 30.2 Å². The zero-order valence-electron chi connectivity index (χ0n) is 15.3. The van der Waals surface area contributed by atoms with Crippen molar-refractivity contribution in [3.05, 3.63) is 65.2 Å². The average molecular weight is 370 g/mol. The van der Waals surface area contributed by atoms with Crippen LogP contribution in [0.1, 0.15) is 22.7 Å². The minimum Gasteiger partial charge on any atom is -0.324 e. The Bertz CT molecular complexity index is 709. The molecule has 0 aromatic heterocycles. The molecule has 0 radical (unpaired) electrons. The van der Waals surface area contributed by atoms with E-state index >= 15 is 0 Å². The number of aryl methyl sites for hydroxylation is 1. The maximum atomic E-state index is 12.4. The van der Waals surface area contributed by atoms with Crippen molar-refractivity contribution in [1.82, 2.24) is 4.90 Å². The summed E-state index contributed by atoms with van der Waals surface area (Å²) in [6.07, 6.45) is 1.04. The van der Waals surface area contributed by atoms with Gasteiger partial charge in [-0.3, -0.25) is 4.79 Å². The van der Waals surface area contributed by atoms with Crippen molar-refractivity contribution < 1.29 is 4.79 Å². The molecule has 3 N–H and O–H groups in total. The number of carbonyl (C=O) groups is 1. The zero-order chi connectivity index (χ0) is 18.4. The Morgan fingerprint density at radius 2 is 1.77 bits per heavy atom. The second-order valence-electron chi connectivity index (χ2n) is 6.78. The molecule has 1 fully saturated rings. The van der Waals surface area contributed by atoms with Crippen LogP contribution in [0, 0.1) is 6.92 Å². The third kappa shape index (κ3) is 5.34. The first kappa shape index (κ1) is 19.0. The van der Waals surface area contributed by atoms with Crippen LogP contribution >= 0.6 is 11.8 Å². The van der Waals surface area contributed by atoms with Crippen molar-refractivity contribution in [3.63, 3.8) is 0 Å². The van der Waals surface area contributed by atoms with Crippen LogP contribution < -0.4 is 11.1 Å². The van der Waals surface area contributed by atoms with E-state index in [1.54, 1.807) is 0 Å². The van der Waals surface area contributed by atoms with E-state index in [1.807, 2.05) is 55.1 Å². The summed E-state index contributed by atoms with van der Waals surface area (Å²) in [5.74, 6) is 2.30. The smallest absolute Gasteiger partial charge is 0.245 e. The summed E-state index contributed by atoms with van der Waals surface area (Å²) < 4.78 is 0. The SMILES string of the molecule is Cc1ccc(C(N)C(=O)Nc2ccc(CCN3CCSCC3)cc2)cc1. The molecule has 1 aliphatic rings. The minimum atomic E-state index is -0.660. The first-order valence-electron chi connectivity index (χ1n) is 9.14. The van der Waals surface area contributed by atoms with E-state index in [0.717, 1.165) is 29.8 Å². The Kier molecular flexibility index (Phi) is 6.72. The molecule has 1 amide bonds. The molecule has 1 aliphatic heterocycles. The average Bonchev–Trinajstić information content (AvgIpc) is 2.68. The maximum Gasteiger partial charge on any atom is 0.245 e. The number of hydrogen-bond acceptors (Lipinski definition) is 4. The number of carbonyl (C=O) groups excluding carboxylic acids is 1. The number of hydrogen-bond donors (Lipinski definition) is 2. The monoisotopic (exact) mass is 369 g/mol. The van der Waals surface area contributed by atoms with E-state index in [9.17, 15) is 4.79 Å². The van der Waals surface area contributed by atoms with E-state index < -0.39 is 6.04 Å². The van der Waals surface area contributed by atoms with E-state index in [4.69, 9.17) is 5.73 Å². The first-order chi connectivity index (χ1) is 12.6. The number of thioether (sulfide) groups is 1. The van der Waals surface area contributed by atoms with Crippen LogP contribution in [0.15, 0.2) is 48.5 Å². The fourth-order valence-electron chi connectivity index (χ4n) is 3.01. The third-order valence-corrected chi connectivity index (χ3v) is 5.70. The van der Waals surface area contributed by atoms with E-state index in [2.05, 4.69) is 22.3 Å². The second kappa shape index (κ2) is 9.21. The van der Waals surface area contributed by atoms with E-state index in [-0.39, 0.29) is 5.91 Å². The van der Waals surface area contributed by atoms with Gasteiger partial charge < -0.3 is 16.0 Å². The maximum absolute atomic E-state index is 12.4. The molecule has 0 spiro atoms. The zero-order valence-corrected chi connectivity index (χ0v) is 16.1. The molecule has 0 saturated carbocycles. The van der Waals surface area contributed by atoms with Crippen molar-refractivity contribution in [3.8, 4) is 0 Å². The van der Waals surface area contributed by atoms with Gasteiger partial charge in [0.15, 0.2) is 0 Å². The molecule has 2 aromatic rings. The Morgan fingerprint density at radius 1 is 1.12 bits per heavy atom. The molecule has 2 aromatic carbocycles. The molecule has 138 valence electrons. The number of nitrogens with zero attached hydrogens (tertiary/aromatic N) is 1. The number of amides is 1. The summed E-state index contributed by atoms with van der Waals surface area (Å²) in [4.78, 5) is 14.9. The van der Waals surface area contributed by atoms with Gasteiger partial charge in [0.25, 0.3) is 0 Å². The van der Waals surface area contributed by atoms with Crippen LogP contribution in [-0.2, 0) is 11.2 Å². The van der Waals surface area contributed by atoms with Gasteiger partial charge in [-0.05, 0) is 36.6 Å². The van der Waals surface area contributed by atoms with Crippen molar-refractivity contribution in [2.45, 2.75) is 19.4 Å². The lowest BCUT2D eigenvalue weighted by atomic mass is 10.1. The van der Waals surface area contributed by atoms with Crippen LogP contribution in [0.5, 0.6) is 0 Å². The summed E-state index contributed by atoms with van der Waals surface area (Å²) in [5, 5.41) is 2.91. The van der Waals surface area contributed by atoms with Crippen molar-refractivity contribution in [2.24, 2.45) is 5.73 Å². The third-order valence-electron chi connectivity index (χ3n) is 4.76. The molecular weight excluding hydrogens is 342 g/mol. The van der Waals surface area contributed by atoms with Gasteiger partial charge in [0.2, 0.25) is 5.91 Å². The Morgan fingerprint density at radius 3 is 2.42 bits per heavy atom. The number of nitrogens with one attached hydrogen (secondary N) is 1. The highest BCUT2D eigenvalue weighted by Crippen LogP contribution is 2.16. The summed E-state index contributed by atoms with van der Waals surface area (Å²) in [6, 6.07) is 15.2. The van der Waals surface area contributed by atoms with Crippen LogP contribution in [0.3, 0.4) is 0 Å². The van der Waals surface area contributed by atoms with Crippen molar-refractivity contribution in [1.29, 1.82) is 0 Å². The first-order valence-corrected chi connectivity index (χ1v) is 10.3. The second-order valence-corrected chi connectivity index (χ2v) is 8.00. The van der Waals surface area contributed by atoms with Crippen LogP contribution in [-0.4, -0.2) is 41.9 Å². The molecule has 1 heterocycles. The van der Waals surface area contributed by atoms with Crippen LogP contribution in [0.25, 0.3) is 0 Å². The summed E-state index contributed by atoms with van der Waals surface area (Å²) >= 11 is 2.04. The van der Waals surface area contributed by atoms with Gasteiger partial charge in [-0.15, -0.1) is 0 Å². The quantitative estimate of drug-likeness (QED) is 0.821. The van der Waals surface area contributed by atoms with Gasteiger partial charge in [0.05, 0.1) is 0 Å². The molecule has 0 aliphatic carbocycles. The highest BCUT2D eigenvalue weighted by molar-refractivity contribution is 7.99. The number of benzene rings is 2. The minimum absolute atomic E-state index is 0.188. The highest BCUT2D eigenvalue weighted by atomic mass is 32.2. The van der Waals surface area contributed by atoms with Gasteiger partial charge in [0, 0.05) is 36.8 Å². The van der Waals surface area contributed by atoms with Crippen molar-refractivity contribution in [2.75, 3.05) is 36.5 Å². The molecule has 4 nitrogen and oxygen atoms in total. The molecule has 1 unspecified atom stereocenters. The number of nitrogens with two attached hydrogens (primary N) is 1. The fraction of sp³-hybridized carbons (Fsp3) is 0.381. The molecule has 1 atom stereocenters. The number of anilines is 1. The lowest BCUT2D eigenvalue weighted by molar-refractivity contribution is -0.117. The lowest BCUT2D eigenvalue weighted by Gasteiger charge is -2.26. The molecule has 0 bridgehead atoms. The molecule has 3 rings (SSSR count). The Hall–Kier alpha value is -1.82. The lowest BCUT2D eigenvalue weighted by Crippen LogP contribution is -2.34. The van der Waals surface area contributed by atoms with E-state index in [0.29, 0.717) is 0 Å². The summed E-state index contributed by atoms with van der Waals surface area (Å²) in [7, 11) is 0. The van der Waals surface area contributed by atoms with Gasteiger partial charge in [-0.25, -0.2) is 0 Å². The number of rotatable bonds is 6. The summed E-state index contributed by atoms with van der Waals surface area (Å²) in [5.41, 5.74) is 10.1. The normalized spacial score (nSPS) is 16.2. The predicted octanol–water partition coefficient (Wildman–Crippen LogP) is 3.22. The molecule has 26 heavy (non-hydrogen) atoms. The molecular formula is C21H27N3OS. The Labute approximate surface area is 160 Å². The highest BCUT2D eigenvalue weighted by Gasteiger charge is 2.16. The topological polar surface area (TPSA) is 58.4 Å². The largest absolute Gasteiger partial charge is 0.324 e. The van der Waals surface area contributed by atoms with Gasteiger partial charge >= 0.3 is 0 Å². The fourth-order valence-corrected chi connectivity index (χ4v) is 3.99. The predicted molar refractivity (Wildman–Crippen MR) is 111 cm³/mol. The molecule has 1 saturated heterocycles. The van der Waals surface area contributed by atoms with Gasteiger partial charge in [0.1, 0.15) is 6.04 Å². The van der Waals surface area contributed by atoms with Gasteiger partial charge in [-0.2, -0.15) is 11.8 Å². The van der Waals surface area contributed by atoms with Crippen LogP contribution in [0.2, 0.25) is 0 Å². The van der Waals surface area contributed by atoms with Crippen molar-refractivity contribution >= 4 is 23.4 Å². The standard InChI is InChI=1S/C21H27N3OS/c1-16-2-6-18(7-3-16)20(22)21(25)23-19-8-4-17(5-9-19)10-11-24-12-14-26-15-13-24/h2-9,20H,10-15,22H2,1H3,(H,23,25). The van der Waals surface area contributed by atoms with Crippen LogP contribution in [0.4, 0.5) is 5.69 Å². The molecule has 5 heteroatoms. The summed E-state index contributed by atoms with van der Waals surface area (Å²) in [6.45, 7) is 5.50. The Balaban J connectivity index is 1.51. The van der Waals surface area contributed by atoms with Gasteiger partial charge in [-0.1, -0.05) is 42.0 Å².